The Kier molecular flexibility index (Phi) is 36.1. The van der Waals surface area contributed by atoms with Crippen molar-refractivity contribution in [3.63, 3.8) is 0 Å². The molecule has 7 saturated heterocycles. The number of aliphatic hydroxyl groups excluding tert-OH is 2. The van der Waals surface area contributed by atoms with E-state index in [0.717, 1.165) is 0 Å². The van der Waals surface area contributed by atoms with Crippen LogP contribution in [0.15, 0.2) is 0 Å². The van der Waals surface area contributed by atoms with Gasteiger partial charge in [-0.05, 0) is 0 Å². The molecule has 0 aliphatic carbocycles. The molecule has 0 aromatic rings. The van der Waals surface area contributed by atoms with E-state index in [9.17, 15) is 10.2 Å². The molecule has 582 valence electrons. The van der Waals surface area contributed by atoms with Crippen molar-refractivity contribution in [2.45, 2.75) is 215 Å². The SMILES string of the molecule is COC[C@@H]1O[C@@H](O[C@@H]2[C@H](OC)[C@@H](OC)[C@H](O[C@@H]3[C@H](OC)[C@@H](OC)[C@H](O[C@H]4[C@@H](OC)[C@H](OC)[C@@H](O[C@H]5[C@@H](OC)[C@H](OC)[C@@H](O[C@H]6[C@@H](OC)[C@H](OC)[C@@H](O[C@@H]7[C@@H](OC)[C@H](OC)C(O)O[C@@H]7COC)O[C@@H]6COC)O[C@@H]5COC)O[C@@H]4COC)O[C@H]3COC)O[C@H]2COC)[C@H](OC)[C@@H](OC)[C@H]1O. The minimum atomic E-state index is -1.35. The number of hydrogen-bond acceptors (Lipinski definition) is 36. The van der Waals surface area contributed by atoms with Crippen LogP contribution in [0.1, 0.15) is 0 Å². The van der Waals surface area contributed by atoms with Crippen molar-refractivity contribution in [3.05, 3.63) is 0 Å². The molecule has 36 nitrogen and oxygen atoms in total. The zero-order chi connectivity index (χ0) is 72.2. The van der Waals surface area contributed by atoms with Crippen molar-refractivity contribution in [1.29, 1.82) is 0 Å². The predicted molar refractivity (Wildman–Crippen MR) is 332 cm³/mol. The molecular formula is C63H114O36. The Hall–Kier alpha value is -1.44. The minimum absolute atomic E-state index is 0.0108. The van der Waals surface area contributed by atoms with Gasteiger partial charge in [0.1, 0.15) is 171 Å². The van der Waals surface area contributed by atoms with Crippen molar-refractivity contribution in [2.24, 2.45) is 0 Å². The molecule has 7 rings (SSSR count). The number of ether oxygens (including phenoxy) is 34. The molecule has 0 aromatic carbocycles. The Morgan fingerprint density at radius 3 is 0.535 bits per heavy atom. The van der Waals surface area contributed by atoms with Crippen molar-refractivity contribution < 1.29 is 171 Å². The first-order valence-electron chi connectivity index (χ1n) is 32.7. The van der Waals surface area contributed by atoms with Crippen LogP contribution in [0.4, 0.5) is 0 Å². The van der Waals surface area contributed by atoms with Crippen molar-refractivity contribution in [2.75, 3.05) is 196 Å². The minimum Gasteiger partial charge on any atom is -0.387 e. The predicted octanol–water partition coefficient (Wildman–Crippen LogP) is -2.54. The standard InChI is InChI=1S/C63H114O36/c1-66-22-29-36(64)43(73-8)51(81-16)58(88-29)95-38-31(24-68-3)90-60(53(83-18)45(38)75-10)97-40-33(26-70-5)92-62(55(85-20)47(40)77-12)99-42-35(28-72-7)93-63(56(86-21)49(42)79-14)98-41-34(27-71-6)91-61(54(84-19)48(41)78-13)96-39-32(25-69-4)89-59(52(82-17)46(39)76-11)94-37-30(23-67-2)87-57(65)50(80-15)44(37)74-9/h29-65H,22-28H2,1-21H3/t29-,30+,31-,32+,33-,34+,35+,36-,37-,38-,39+,40-,41+,42+,43-,44+,45-,46+,47-,48+,49+,50-,51+,52-,53+,54-,55+,56-,57?,58-,59+,60-,61+,62-,63+/m0/s1. The molecule has 7 fully saturated rings. The maximum absolute atomic E-state index is 11.2. The molecular weight excluding hydrogens is 1330 g/mol. The second kappa shape index (κ2) is 42.2. The van der Waals surface area contributed by atoms with E-state index in [0.29, 0.717) is 0 Å². The topological polar surface area (TPSA) is 354 Å². The molecule has 0 bridgehead atoms. The lowest BCUT2D eigenvalue weighted by molar-refractivity contribution is -0.404. The van der Waals surface area contributed by atoms with Gasteiger partial charge in [-0.2, -0.15) is 0 Å². The Bertz CT molecular complexity index is 2190. The third-order valence-corrected chi connectivity index (χ3v) is 19.1. The van der Waals surface area contributed by atoms with Gasteiger partial charge in [-0.25, -0.2) is 0 Å². The fraction of sp³-hybridized carbons (Fsp3) is 1.00. The van der Waals surface area contributed by atoms with Gasteiger partial charge in [-0.1, -0.05) is 0 Å². The van der Waals surface area contributed by atoms with Crippen LogP contribution in [-0.4, -0.2) is 421 Å². The Balaban J connectivity index is 1.10. The smallest absolute Gasteiger partial charge is 0.187 e. The molecule has 7 aliphatic heterocycles. The third kappa shape index (κ3) is 19.3. The molecule has 7 heterocycles. The van der Waals surface area contributed by atoms with Crippen molar-refractivity contribution >= 4 is 0 Å². The van der Waals surface area contributed by atoms with E-state index in [4.69, 9.17) is 161 Å². The zero-order valence-electron chi connectivity index (χ0n) is 60.9. The molecule has 0 aromatic heterocycles. The number of rotatable bonds is 40. The van der Waals surface area contributed by atoms with Crippen LogP contribution >= 0.6 is 0 Å². The maximum Gasteiger partial charge on any atom is 0.187 e. The third-order valence-electron chi connectivity index (χ3n) is 19.1. The lowest BCUT2D eigenvalue weighted by Gasteiger charge is -2.52. The number of hydrogen-bond donors (Lipinski definition) is 2. The molecule has 0 radical (unpaired) electrons. The van der Waals surface area contributed by atoms with Gasteiger partial charge in [0.25, 0.3) is 0 Å². The van der Waals surface area contributed by atoms with Crippen LogP contribution in [0.25, 0.3) is 0 Å². The monoisotopic (exact) mass is 1450 g/mol. The van der Waals surface area contributed by atoms with E-state index in [-0.39, 0.29) is 46.2 Å². The van der Waals surface area contributed by atoms with E-state index in [1.807, 2.05) is 0 Å². The molecule has 0 saturated carbocycles. The second-order valence-corrected chi connectivity index (χ2v) is 24.4. The normalized spacial score (nSPS) is 44.7. The van der Waals surface area contributed by atoms with Crippen LogP contribution < -0.4 is 0 Å². The van der Waals surface area contributed by atoms with Crippen LogP contribution in [0.2, 0.25) is 0 Å². The van der Waals surface area contributed by atoms with E-state index in [2.05, 4.69) is 0 Å². The quantitative estimate of drug-likeness (QED) is 0.0638. The average Bonchev–Trinajstić information content (AvgIpc) is 0.777. The summed E-state index contributed by atoms with van der Waals surface area (Å²) in [5.74, 6) is 0. The summed E-state index contributed by atoms with van der Waals surface area (Å²) in [6, 6.07) is 0. The first kappa shape index (κ1) is 84.8. The highest BCUT2D eigenvalue weighted by atomic mass is 16.8. The van der Waals surface area contributed by atoms with Crippen LogP contribution in [0, 0.1) is 0 Å². The summed E-state index contributed by atoms with van der Waals surface area (Å²) in [6.07, 6.45) is -35.1. The number of aliphatic hydroxyl groups is 2. The summed E-state index contributed by atoms with van der Waals surface area (Å²) in [4.78, 5) is 0. The summed E-state index contributed by atoms with van der Waals surface area (Å²) in [5.41, 5.74) is 0. The summed E-state index contributed by atoms with van der Waals surface area (Å²) in [6.45, 7) is -0.125. The average molecular weight is 1450 g/mol. The highest BCUT2D eigenvalue weighted by molar-refractivity contribution is 5.03. The van der Waals surface area contributed by atoms with Gasteiger partial charge in [-0.3, -0.25) is 0 Å². The molecule has 7 aliphatic rings. The second-order valence-electron chi connectivity index (χ2n) is 24.4. The summed E-state index contributed by atoms with van der Waals surface area (Å²) < 4.78 is 212. The molecule has 0 amide bonds. The van der Waals surface area contributed by atoms with Crippen molar-refractivity contribution in [1.82, 2.24) is 0 Å². The van der Waals surface area contributed by atoms with Gasteiger partial charge in [0, 0.05) is 149 Å². The van der Waals surface area contributed by atoms with Gasteiger partial charge in [0.2, 0.25) is 0 Å². The number of methoxy groups -OCH3 is 21. The van der Waals surface area contributed by atoms with E-state index >= 15 is 0 Å². The van der Waals surface area contributed by atoms with E-state index in [1.54, 1.807) is 0 Å². The van der Waals surface area contributed by atoms with Crippen LogP contribution in [-0.2, 0) is 161 Å². The summed E-state index contributed by atoms with van der Waals surface area (Å²) in [5, 5.41) is 22.0. The first-order valence-corrected chi connectivity index (χ1v) is 32.7. The van der Waals surface area contributed by atoms with Crippen LogP contribution in [0.3, 0.4) is 0 Å². The molecule has 35 atom stereocenters. The molecule has 2 N–H and O–H groups in total. The highest BCUT2D eigenvalue weighted by Crippen LogP contribution is 2.42. The first-order chi connectivity index (χ1) is 48.0. The van der Waals surface area contributed by atoms with Crippen molar-refractivity contribution in [3.8, 4) is 0 Å². The van der Waals surface area contributed by atoms with Gasteiger partial charge in [0.15, 0.2) is 44.0 Å². The maximum atomic E-state index is 11.2. The van der Waals surface area contributed by atoms with Gasteiger partial charge < -0.3 is 171 Å². The fourth-order valence-corrected chi connectivity index (χ4v) is 14.5. The van der Waals surface area contributed by atoms with Gasteiger partial charge in [0.05, 0.1) is 46.2 Å². The molecule has 36 heteroatoms. The zero-order valence-corrected chi connectivity index (χ0v) is 60.9. The van der Waals surface area contributed by atoms with E-state index in [1.165, 1.54) is 149 Å². The Morgan fingerprint density at radius 1 is 0.182 bits per heavy atom. The lowest BCUT2D eigenvalue weighted by Crippen LogP contribution is -2.69. The molecule has 99 heavy (non-hydrogen) atoms. The van der Waals surface area contributed by atoms with Gasteiger partial charge >= 0.3 is 0 Å². The summed E-state index contributed by atoms with van der Waals surface area (Å²) in [7, 11) is 31.2. The molecule has 1 unspecified atom stereocenters. The molecule has 0 spiro atoms. The Morgan fingerprint density at radius 2 is 0.343 bits per heavy atom. The highest BCUT2D eigenvalue weighted by Gasteiger charge is 2.61. The van der Waals surface area contributed by atoms with E-state index < -0.39 is 215 Å². The van der Waals surface area contributed by atoms with Crippen LogP contribution in [0.5, 0.6) is 0 Å². The Labute approximate surface area is 580 Å². The van der Waals surface area contributed by atoms with Gasteiger partial charge in [-0.15, -0.1) is 0 Å². The fourth-order valence-electron chi connectivity index (χ4n) is 14.5. The largest absolute Gasteiger partial charge is 0.387 e. The lowest BCUT2D eigenvalue weighted by atomic mass is 9.94. The summed E-state index contributed by atoms with van der Waals surface area (Å²) >= 11 is 0.